The molecule has 29 heavy (non-hydrogen) atoms. The van der Waals surface area contributed by atoms with Crippen molar-refractivity contribution in [2.24, 2.45) is 0 Å². The van der Waals surface area contributed by atoms with E-state index in [-0.39, 0.29) is 12.5 Å². The van der Waals surface area contributed by atoms with Gasteiger partial charge in [0.15, 0.2) is 6.61 Å². The zero-order chi connectivity index (χ0) is 20.2. The lowest BCUT2D eigenvalue weighted by molar-refractivity contribution is -0.118. The monoisotopic (exact) mass is 382 g/mol. The molecule has 6 heteroatoms. The molecule has 0 unspecified atom stereocenters. The van der Waals surface area contributed by atoms with E-state index < -0.39 is 0 Å². The second-order valence-electron chi connectivity index (χ2n) is 6.60. The lowest BCUT2D eigenvalue weighted by Crippen LogP contribution is -2.20. The Hall–Kier alpha value is -4.11. The molecule has 0 fully saturated rings. The van der Waals surface area contributed by atoms with Crippen molar-refractivity contribution in [1.29, 1.82) is 5.26 Å². The first-order chi connectivity index (χ1) is 14.1. The highest BCUT2D eigenvalue weighted by atomic mass is 16.5. The molecule has 0 saturated heterocycles. The fourth-order valence-electron chi connectivity index (χ4n) is 2.99. The number of fused-ring (bicyclic) bond motifs is 1. The number of pyridine rings is 1. The van der Waals surface area contributed by atoms with Crippen LogP contribution in [0.5, 0.6) is 5.75 Å². The largest absolute Gasteiger partial charge is 0.484 e. The van der Waals surface area contributed by atoms with Crippen molar-refractivity contribution >= 4 is 17.2 Å². The van der Waals surface area contributed by atoms with Crippen LogP contribution in [-0.4, -0.2) is 21.9 Å². The number of imidazole rings is 1. The normalized spacial score (nSPS) is 10.5. The van der Waals surface area contributed by atoms with Crippen molar-refractivity contribution in [3.8, 4) is 23.1 Å². The second kappa shape index (κ2) is 7.87. The first-order valence-corrected chi connectivity index (χ1v) is 9.10. The topological polar surface area (TPSA) is 79.4 Å². The number of anilines is 1. The molecule has 2 aromatic carbocycles. The van der Waals surface area contributed by atoms with Crippen molar-refractivity contribution in [3.63, 3.8) is 0 Å². The molecule has 0 saturated carbocycles. The third-order valence-electron chi connectivity index (χ3n) is 4.50. The van der Waals surface area contributed by atoms with Crippen LogP contribution in [0.4, 0.5) is 5.69 Å². The van der Waals surface area contributed by atoms with Gasteiger partial charge in [-0.3, -0.25) is 4.79 Å². The highest BCUT2D eigenvalue weighted by Gasteiger charge is 2.08. The Morgan fingerprint density at radius 3 is 2.59 bits per heavy atom. The van der Waals surface area contributed by atoms with Gasteiger partial charge in [0, 0.05) is 23.6 Å². The Bertz CT molecular complexity index is 1200. The number of ether oxygens (including phenoxy) is 1. The van der Waals surface area contributed by atoms with Gasteiger partial charge in [0.1, 0.15) is 11.4 Å². The fraction of sp³-hybridized carbons (Fsp3) is 0.0870. The number of carbonyl (C=O) groups is 1. The molecular formula is C23H18N4O2. The zero-order valence-electron chi connectivity index (χ0n) is 15.8. The number of nitrogens with zero attached hydrogens (tertiary/aromatic N) is 3. The Morgan fingerprint density at radius 1 is 1.14 bits per heavy atom. The zero-order valence-corrected chi connectivity index (χ0v) is 15.8. The van der Waals surface area contributed by atoms with Gasteiger partial charge in [-0.25, -0.2) is 4.98 Å². The first-order valence-electron chi connectivity index (χ1n) is 9.10. The van der Waals surface area contributed by atoms with E-state index >= 15 is 0 Å². The van der Waals surface area contributed by atoms with Gasteiger partial charge in [0.25, 0.3) is 5.91 Å². The Labute approximate surface area is 168 Å². The molecule has 2 heterocycles. The molecule has 4 aromatic rings. The van der Waals surface area contributed by atoms with Gasteiger partial charge in [-0.1, -0.05) is 18.2 Å². The number of hydrogen-bond acceptors (Lipinski definition) is 4. The van der Waals surface area contributed by atoms with Crippen molar-refractivity contribution < 1.29 is 9.53 Å². The van der Waals surface area contributed by atoms with Crippen LogP contribution in [0.1, 0.15) is 11.1 Å². The molecule has 0 aliphatic carbocycles. The summed E-state index contributed by atoms with van der Waals surface area (Å²) in [5, 5.41) is 11.6. The number of carbonyl (C=O) groups excluding carboxylic acids is 1. The SMILES string of the molecule is Cc1cccn2cc(-c3ccc(NC(=O)COc4ccc(C#N)cc4)cc3)nc12. The Balaban J connectivity index is 1.38. The molecule has 1 amide bonds. The summed E-state index contributed by atoms with van der Waals surface area (Å²) in [7, 11) is 0. The van der Waals surface area contributed by atoms with Gasteiger partial charge in [-0.05, 0) is 55.0 Å². The third kappa shape index (κ3) is 4.09. The van der Waals surface area contributed by atoms with Crippen LogP contribution >= 0.6 is 0 Å². The van der Waals surface area contributed by atoms with Gasteiger partial charge in [-0.2, -0.15) is 5.26 Å². The maximum atomic E-state index is 12.1. The number of aryl methyl sites for hydroxylation is 1. The predicted octanol–water partition coefficient (Wildman–Crippen LogP) is 4.20. The third-order valence-corrected chi connectivity index (χ3v) is 4.50. The molecule has 0 aliphatic rings. The van der Waals surface area contributed by atoms with Crippen molar-refractivity contribution in [2.45, 2.75) is 6.92 Å². The maximum Gasteiger partial charge on any atom is 0.262 e. The summed E-state index contributed by atoms with van der Waals surface area (Å²) in [4.78, 5) is 16.8. The molecule has 2 aromatic heterocycles. The highest BCUT2D eigenvalue weighted by Crippen LogP contribution is 2.22. The first kappa shape index (κ1) is 18.3. The van der Waals surface area contributed by atoms with Crippen LogP contribution in [0.3, 0.4) is 0 Å². The minimum Gasteiger partial charge on any atom is -0.484 e. The number of rotatable bonds is 5. The Morgan fingerprint density at radius 2 is 1.90 bits per heavy atom. The minimum absolute atomic E-state index is 0.112. The summed E-state index contributed by atoms with van der Waals surface area (Å²) >= 11 is 0. The number of aromatic nitrogens is 2. The summed E-state index contributed by atoms with van der Waals surface area (Å²) in [6.45, 7) is 1.92. The fourth-order valence-corrected chi connectivity index (χ4v) is 2.99. The Kier molecular flexibility index (Phi) is 4.95. The minimum atomic E-state index is -0.259. The van der Waals surface area contributed by atoms with E-state index in [1.807, 2.05) is 66.2 Å². The van der Waals surface area contributed by atoms with Crippen LogP contribution in [0, 0.1) is 18.3 Å². The van der Waals surface area contributed by atoms with Crippen LogP contribution in [0.25, 0.3) is 16.9 Å². The summed E-state index contributed by atoms with van der Waals surface area (Å²) in [6.07, 6.45) is 3.96. The quantitative estimate of drug-likeness (QED) is 0.561. The lowest BCUT2D eigenvalue weighted by atomic mass is 10.1. The van der Waals surface area contributed by atoms with Gasteiger partial charge in [0.05, 0.1) is 17.3 Å². The van der Waals surface area contributed by atoms with Crippen molar-refractivity contribution in [2.75, 3.05) is 11.9 Å². The molecular weight excluding hydrogens is 364 g/mol. The van der Waals surface area contributed by atoms with Crippen LogP contribution < -0.4 is 10.1 Å². The standard InChI is InChI=1S/C23H18N4O2/c1-16-3-2-12-27-14-21(26-23(16)27)18-6-8-19(9-7-18)25-22(28)15-29-20-10-4-17(13-24)5-11-20/h2-12,14H,15H2,1H3,(H,25,28). The van der Waals surface area contributed by atoms with E-state index in [0.717, 1.165) is 22.5 Å². The average Bonchev–Trinajstić information content (AvgIpc) is 3.19. The van der Waals surface area contributed by atoms with E-state index in [4.69, 9.17) is 10.00 Å². The molecule has 0 spiro atoms. The molecule has 0 radical (unpaired) electrons. The molecule has 6 nitrogen and oxygen atoms in total. The van der Waals surface area contributed by atoms with E-state index in [1.54, 1.807) is 24.3 Å². The van der Waals surface area contributed by atoms with Gasteiger partial charge in [-0.15, -0.1) is 0 Å². The van der Waals surface area contributed by atoms with Crippen molar-refractivity contribution in [3.05, 3.63) is 84.2 Å². The van der Waals surface area contributed by atoms with E-state index in [2.05, 4.69) is 10.3 Å². The van der Waals surface area contributed by atoms with E-state index in [9.17, 15) is 4.79 Å². The lowest BCUT2D eigenvalue weighted by Gasteiger charge is -2.08. The summed E-state index contributed by atoms with van der Waals surface area (Å²) in [6, 6.07) is 20.2. The van der Waals surface area contributed by atoms with Crippen LogP contribution in [0.2, 0.25) is 0 Å². The molecule has 0 atom stereocenters. The number of nitrogens with one attached hydrogen (secondary N) is 1. The number of nitriles is 1. The predicted molar refractivity (Wildman–Crippen MR) is 111 cm³/mol. The van der Waals surface area contributed by atoms with Crippen molar-refractivity contribution in [1.82, 2.24) is 9.38 Å². The maximum absolute atomic E-state index is 12.1. The molecule has 0 bridgehead atoms. The summed E-state index contributed by atoms with van der Waals surface area (Å²) in [5.41, 5.74) is 5.12. The number of benzene rings is 2. The summed E-state index contributed by atoms with van der Waals surface area (Å²) < 4.78 is 7.44. The molecule has 142 valence electrons. The second-order valence-corrected chi connectivity index (χ2v) is 6.60. The summed E-state index contributed by atoms with van der Waals surface area (Å²) in [5.74, 6) is 0.280. The van der Waals surface area contributed by atoms with E-state index in [1.165, 1.54) is 0 Å². The molecule has 4 rings (SSSR count). The molecule has 0 aliphatic heterocycles. The van der Waals surface area contributed by atoms with Gasteiger partial charge < -0.3 is 14.5 Å². The van der Waals surface area contributed by atoms with E-state index in [0.29, 0.717) is 17.0 Å². The molecule has 1 N–H and O–H groups in total. The number of amides is 1. The number of hydrogen-bond donors (Lipinski definition) is 1. The smallest absolute Gasteiger partial charge is 0.262 e. The van der Waals surface area contributed by atoms with Gasteiger partial charge in [0.2, 0.25) is 0 Å². The average molecular weight is 382 g/mol. The highest BCUT2D eigenvalue weighted by molar-refractivity contribution is 5.92. The van der Waals surface area contributed by atoms with Gasteiger partial charge >= 0.3 is 0 Å². The van der Waals surface area contributed by atoms with Crippen LogP contribution in [-0.2, 0) is 4.79 Å². The van der Waals surface area contributed by atoms with Crippen LogP contribution in [0.15, 0.2) is 73.1 Å².